The zero-order valence-electron chi connectivity index (χ0n) is 12.6. The molecule has 1 rings (SSSR count). The van der Waals surface area contributed by atoms with E-state index in [9.17, 15) is 0 Å². The van der Waals surface area contributed by atoms with Crippen molar-refractivity contribution < 1.29 is 0 Å². The number of aryl methyl sites for hydroxylation is 1. The smallest absolute Gasteiger partial charge is 0.0540 e. The van der Waals surface area contributed by atoms with Crippen LogP contribution in [-0.4, -0.2) is 33.8 Å². The number of aromatic nitrogens is 2. The molecule has 4 nitrogen and oxygen atoms in total. The Morgan fingerprint density at radius 2 is 1.94 bits per heavy atom. The highest BCUT2D eigenvalue weighted by Gasteiger charge is 2.25. The Hall–Kier alpha value is -0.870. The van der Waals surface area contributed by atoms with Crippen molar-refractivity contribution in [1.82, 2.24) is 14.7 Å². The minimum atomic E-state index is 0.265. The molecule has 104 valence electrons. The maximum absolute atomic E-state index is 6.02. The van der Waals surface area contributed by atoms with E-state index in [0.717, 1.165) is 6.54 Å². The molecule has 0 saturated carbocycles. The van der Waals surface area contributed by atoms with Gasteiger partial charge in [-0.2, -0.15) is 5.10 Å². The van der Waals surface area contributed by atoms with Crippen LogP contribution in [0.3, 0.4) is 0 Å². The molecule has 0 radical (unpaired) electrons. The molecule has 1 aromatic rings. The number of hydrogen-bond acceptors (Lipinski definition) is 3. The molecule has 0 amide bonds. The summed E-state index contributed by atoms with van der Waals surface area (Å²) in [6.45, 7) is 12.8. The molecule has 2 N–H and O–H groups in total. The van der Waals surface area contributed by atoms with Gasteiger partial charge in [0.2, 0.25) is 0 Å². The average Bonchev–Trinajstić information content (AvgIpc) is 2.60. The molecular weight excluding hydrogens is 224 g/mol. The molecule has 0 saturated heterocycles. The van der Waals surface area contributed by atoms with E-state index in [0.29, 0.717) is 18.5 Å². The zero-order valence-corrected chi connectivity index (χ0v) is 12.6. The van der Waals surface area contributed by atoms with Gasteiger partial charge < -0.3 is 5.73 Å². The van der Waals surface area contributed by atoms with Crippen LogP contribution in [-0.2, 0) is 7.05 Å². The van der Waals surface area contributed by atoms with Crippen molar-refractivity contribution in [3.05, 3.63) is 17.5 Å². The Labute approximate surface area is 111 Å². The highest BCUT2D eigenvalue weighted by atomic mass is 15.3. The summed E-state index contributed by atoms with van der Waals surface area (Å²) in [6, 6.07) is 0.752. The maximum atomic E-state index is 6.02. The molecule has 1 unspecified atom stereocenters. The normalized spacial score (nSPS) is 13.9. The summed E-state index contributed by atoms with van der Waals surface area (Å²) in [5, 5.41) is 4.34. The molecule has 0 bridgehead atoms. The molecule has 0 fully saturated rings. The third kappa shape index (κ3) is 3.33. The summed E-state index contributed by atoms with van der Waals surface area (Å²) in [6.07, 6.45) is 1.96. The van der Waals surface area contributed by atoms with Gasteiger partial charge in [-0.3, -0.25) is 9.58 Å². The second-order valence-corrected chi connectivity index (χ2v) is 5.74. The molecule has 1 atom stereocenters. The monoisotopic (exact) mass is 252 g/mol. The molecule has 0 aliphatic heterocycles. The molecule has 0 aliphatic rings. The lowest BCUT2D eigenvalue weighted by atomic mass is 10.0. The number of rotatable bonds is 6. The molecule has 1 aromatic heterocycles. The van der Waals surface area contributed by atoms with Gasteiger partial charge in [0.1, 0.15) is 0 Å². The van der Waals surface area contributed by atoms with E-state index in [2.05, 4.69) is 44.6 Å². The fraction of sp³-hybridized carbons (Fsp3) is 0.786. The third-order valence-corrected chi connectivity index (χ3v) is 3.50. The second-order valence-electron chi connectivity index (χ2n) is 5.74. The Morgan fingerprint density at radius 3 is 2.28 bits per heavy atom. The molecule has 18 heavy (non-hydrogen) atoms. The van der Waals surface area contributed by atoms with Crippen LogP contribution in [0.15, 0.2) is 6.20 Å². The average molecular weight is 252 g/mol. The number of nitrogens with zero attached hydrogens (tertiary/aromatic N) is 3. The van der Waals surface area contributed by atoms with Crippen LogP contribution in [0.1, 0.15) is 45.0 Å². The molecule has 1 heterocycles. The summed E-state index contributed by atoms with van der Waals surface area (Å²) >= 11 is 0. The largest absolute Gasteiger partial charge is 0.329 e. The lowest BCUT2D eigenvalue weighted by Gasteiger charge is -2.35. The van der Waals surface area contributed by atoms with Gasteiger partial charge in [0.05, 0.1) is 12.2 Å². The fourth-order valence-corrected chi connectivity index (χ4v) is 2.40. The van der Waals surface area contributed by atoms with Crippen molar-refractivity contribution in [1.29, 1.82) is 0 Å². The van der Waals surface area contributed by atoms with Crippen molar-refractivity contribution >= 4 is 0 Å². The lowest BCUT2D eigenvalue weighted by molar-refractivity contribution is 0.138. The predicted molar refractivity (Wildman–Crippen MR) is 76.4 cm³/mol. The Balaban J connectivity index is 3.02. The topological polar surface area (TPSA) is 47.1 Å². The standard InChI is InChI=1S/C14H28N4/c1-10(2)9-18(11(3)4)14(7-15)13-8-16-17(6)12(13)5/h8,10-11,14H,7,9,15H2,1-6H3. The summed E-state index contributed by atoms with van der Waals surface area (Å²) in [5.41, 5.74) is 8.49. The number of nitrogens with two attached hydrogens (primary N) is 1. The first-order chi connectivity index (χ1) is 8.38. The molecule has 4 heteroatoms. The highest BCUT2D eigenvalue weighted by Crippen LogP contribution is 2.25. The van der Waals surface area contributed by atoms with Crippen LogP contribution < -0.4 is 5.73 Å². The van der Waals surface area contributed by atoms with Gasteiger partial charge in [0.25, 0.3) is 0 Å². The molecular formula is C14H28N4. The van der Waals surface area contributed by atoms with Gasteiger partial charge in [0, 0.05) is 37.4 Å². The maximum Gasteiger partial charge on any atom is 0.0540 e. The first-order valence-corrected chi connectivity index (χ1v) is 6.82. The summed E-state index contributed by atoms with van der Waals surface area (Å²) in [7, 11) is 1.98. The van der Waals surface area contributed by atoms with E-state index in [1.54, 1.807) is 0 Å². The van der Waals surface area contributed by atoms with E-state index in [4.69, 9.17) is 5.73 Å². The van der Waals surface area contributed by atoms with Crippen molar-refractivity contribution in [2.24, 2.45) is 18.7 Å². The fourth-order valence-electron chi connectivity index (χ4n) is 2.40. The predicted octanol–water partition coefficient (Wildman–Crippen LogP) is 2.09. The van der Waals surface area contributed by atoms with Crippen molar-refractivity contribution in [3.63, 3.8) is 0 Å². The van der Waals surface area contributed by atoms with Crippen LogP contribution >= 0.6 is 0 Å². The summed E-state index contributed by atoms with van der Waals surface area (Å²) in [4.78, 5) is 2.48. The Kier molecular flexibility index (Phi) is 5.35. The summed E-state index contributed by atoms with van der Waals surface area (Å²) < 4.78 is 1.92. The first-order valence-electron chi connectivity index (χ1n) is 6.82. The lowest BCUT2D eigenvalue weighted by Crippen LogP contribution is -2.41. The van der Waals surface area contributed by atoms with E-state index in [1.807, 2.05) is 17.9 Å². The quantitative estimate of drug-likeness (QED) is 0.843. The van der Waals surface area contributed by atoms with Gasteiger partial charge in [0.15, 0.2) is 0 Å². The molecule has 0 aliphatic carbocycles. The number of hydrogen-bond donors (Lipinski definition) is 1. The van der Waals surface area contributed by atoms with Crippen LogP contribution in [0.5, 0.6) is 0 Å². The summed E-state index contributed by atoms with van der Waals surface area (Å²) in [5.74, 6) is 0.637. The molecule has 0 aromatic carbocycles. The minimum absolute atomic E-state index is 0.265. The SMILES string of the molecule is Cc1c(C(CN)N(CC(C)C)C(C)C)cnn1C. The Bertz CT molecular complexity index is 368. The van der Waals surface area contributed by atoms with Crippen molar-refractivity contribution in [2.75, 3.05) is 13.1 Å². The van der Waals surface area contributed by atoms with E-state index in [-0.39, 0.29) is 6.04 Å². The van der Waals surface area contributed by atoms with E-state index < -0.39 is 0 Å². The second kappa shape index (κ2) is 6.34. The van der Waals surface area contributed by atoms with Crippen LogP contribution in [0, 0.1) is 12.8 Å². The van der Waals surface area contributed by atoms with E-state index in [1.165, 1.54) is 11.3 Å². The first kappa shape index (κ1) is 15.2. The van der Waals surface area contributed by atoms with Gasteiger partial charge in [-0.15, -0.1) is 0 Å². The van der Waals surface area contributed by atoms with Crippen LogP contribution in [0.25, 0.3) is 0 Å². The van der Waals surface area contributed by atoms with Crippen LogP contribution in [0.4, 0.5) is 0 Å². The Morgan fingerprint density at radius 1 is 1.33 bits per heavy atom. The van der Waals surface area contributed by atoms with Gasteiger partial charge in [-0.05, 0) is 26.7 Å². The van der Waals surface area contributed by atoms with Crippen LogP contribution in [0.2, 0.25) is 0 Å². The zero-order chi connectivity index (χ0) is 13.9. The van der Waals surface area contributed by atoms with Crippen molar-refractivity contribution in [2.45, 2.75) is 46.7 Å². The minimum Gasteiger partial charge on any atom is -0.329 e. The van der Waals surface area contributed by atoms with E-state index >= 15 is 0 Å². The third-order valence-electron chi connectivity index (χ3n) is 3.50. The van der Waals surface area contributed by atoms with Gasteiger partial charge in [-0.1, -0.05) is 13.8 Å². The van der Waals surface area contributed by atoms with Gasteiger partial charge >= 0.3 is 0 Å². The van der Waals surface area contributed by atoms with Crippen molar-refractivity contribution in [3.8, 4) is 0 Å². The van der Waals surface area contributed by atoms with Gasteiger partial charge in [-0.25, -0.2) is 0 Å². The highest BCUT2D eigenvalue weighted by molar-refractivity contribution is 5.21. The molecule has 0 spiro atoms.